The van der Waals surface area contributed by atoms with Crippen LogP contribution in [0, 0.1) is 6.92 Å². The van der Waals surface area contributed by atoms with Gasteiger partial charge in [-0.1, -0.05) is 0 Å². The minimum Gasteiger partial charge on any atom is -0.488 e. The third-order valence-electron chi connectivity index (χ3n) is 6.45. The van der Waals surface area contributed by atoms with Crippen molar-refractivity contribution in [2.45, 2.75) is 44.8 Å². The van der Waals surface area contributed by atoms with Gasteiger partial charge in [-0.2, -0.15) is 0 Å². The van der Waals surface area contributed by atoms with Gasteiger partial charge in [0.2, 0.25) is 5.95 Å². The number of hydrogen-bond acceptors (Lipinski definition) is 10. The number of nitrogens with one attached hydrogen (secondary N) is 1. The van der Waals surface area contributed by atoms with Gasteiger partial charge in [0.05, 0.1) is 31.9 Å². The maximum Gasteiger partial charge on any atom is 0.356 e. The minimum atomic E-state index is -0.467. The van der Waals surface area contributed by atoms with Gasteiger partial charge in [0.1, 0.15) is 11.3 Å². The van der Waals surface area contributed by atoms with E-state index in [9.17, 15) is 4.79 Å². The van der Waals surface area contributed by atoms with Crippen molar-refractivity contribution in [3.05, 3.63) is 42.0 Å². The lowest BCUT2D eigenvalue weighted by molar-refractivity contribution is 0.0594. The van der Waals surface area contributed by atoms with E-state index in [0.717, 1.165) is 74.5 Å². The standard InChI is InChI=1S/C25H30N6O4/c1-16-13-21(24(32)33-2)30-25(28-16)29-17-3-5-19(6-4-17)35-22-15-18(31-9-11-34-12-10-31)14-20-23(22)27-8-7-26-20/h7-8,13-15,17,19H,3-6,9-12H2,1-2H3,(H,28,29,30). The number of morpholine rings is 1. The summed E-state index contributed by atoms with van der Waals surface area (Å²) in [5.41, 5.74) is 3.68. The molecule has 2 aromatic heterocycles. The number of fused-ring (bicyclic) bond motifs is 1. The van der Waals surface area contributed by atoms with Gasteiger partial charge in [0.15, 0.2) is 5.69 Å². The lowest BCUT2D eigenvalue weighted by Gasteiger charge is -2.31. The molecule has 3 heterocycles. The summed E-state index contributed by atoms with van der Waals surface area (Å²) in [4.78, 5) is 32.0. The van der Waals surface area contributed by atoms with Gasteiger partial charge >= 0.3 is 5.97 Å². The lowest BCUT2D eigenvalue weighted by atomic mass is 9.93. The summed E-state index contributed by atoms with van der Waals surface area (Å²) < 4.78 is 16.8. The number of benzene rings is 1. The maximum atomic E-state index is 11.9. The molecule has 35 heavy (non-hydrogen) atoms. The van der Waals surface area contributed by atoms with Crippen molar-refractivity contribution in [1.82, 2.24) is 19.9 Å². The van der Waals surface area contributed by atoms with E-state index in [0.29, 0.717) is 11.6 Å². The molecule has 10 heteroatoms. The van der Waals surface area contributed by atoms with Crippen LogP contribution in [-0.2, 0) is 9.47 Å². The normalized spacial score (nSPS) is 20.5. The second-order valence-corrected chi connectivity index (χ2v) is 8.91. The molecule has 3 aromatic rings. The van der Waals surface area contributed by atoms with Crippen molar-refractivity contribution in [3.63, 3.8) is 0 Å². The Labute approximate surface area is 204 Å². The van der Waals surface area contributed by atoms with Gasteiger partial charge in [-0.15, -0.1) is 0 Å². The molecule has 1 saturated carbocycles. The van der Waals surface area contributed by atoms with Gasteiger partial charge in [-0.25, -0.2) is 19.7 Å². The third kappa shape index (κ3) is 5.43. The highest BCUT2D eigenvalue weighted by Crippen LogP contribution is 2.33. The average Bonchev–Trinajstić information content (AvgIpc) is 2.89. The molecule has 0 spiro atoms. The Morgan fingerprint density at radius 3 is 2.60 bits per heavy atom. The summed E-state index contributed by atoms with van der Waals surface area (Å²) in [6.07, 6.45) is 7.08. The number of esters is 1. The first kappa shape index (κ1) is 23.2. The van der Waals surface area contributed by atoms with Gasteiger partial charge in [-0.05, 0) is 44.7 Å². The topological polar surface area (TPSA) is 112 Å². The van der Waals surface area contributed by atoms with Crippen molar-refractivity contribution in [1.29, 1.82) is 0 Å². The van der Waals surface area contributed by atoms with Crippen molar-refractivity contribution in [2.75, 3.05) is 43.6 Å². The van der Waals surface area contributed by atoms with E-state index < -0.39 is 5.97 Å². The quantitative estimate of drug-likeness (QED) is 0.530. The second kappa shape index (κ2) is 10.4. The number of ether oxygens (including phenoxy) is 3. The molecule has 0 radical (unpaired) electrons. The first-order valence-corrected chi connectivity index (χ1v) is 12.0. The second-order valence-electron chi connectivity index (χ2n) is 8.91. The Morgan fingerprint density at radius 1 is 1.06 bits per heavy atom. The Kier molecular flexibility index (Phi) is 6.89. The van der Waals surface area contributed by atoms with Crippen LogP contribution in [0.3, 0.4) is 0 Å². The van der Waals surface area contributed by atoms with Gasteiger partial charge < -0.3 is 24.4 Å². The van der Waals surface area contributed by atoms with E-state index in [1.807, 2.05) is 6.92 Å². The van der Waals surface area contributed by atoms with E-state index in [-0.39, 0.29) is 17.8 Å². The predicted octanol–water partition coefficient (Wildman–Crippen LogP) is 3.15. The Hall–Kier alpha value is -3.53. The monoisotopic (exact) mass is 478 g/mol. The van der Waals surface area contributed by atoms with Crippen LogP contribution in [0.25, 0.3) is 11.0 Å². The van der Waals surface area contributed by atoms with E-state index in [1.165, 1.54) is 7.11 Å². The summed E-state index contributed by atoms with van der Waals surface area (Å²) in [5, 5.41) is 3.38. The molecule has 0 atom stereocenters. The zero-order valence-corrected chi connectivity index (χ0v) is 20.1. The number of rotatable bonds is 6. The number of aryl methyl sites for hydroxylation is 1. The molecular weight excluding hydrogens is 448 g/mol. The van der Waals surface area contributed by atoms with Crippen LogP contribution >= 0.6 is 0 Å². The first-order chi connectivity index (χ1) is 17.1. The summed E-state index contributed by atoms with van der Waals surface area (Å²) >= 11 is 0. The van der Waals surface area contributed by atoms with Gasteiger partial charge in [0, 0.05) is 49.0 Å². The SMILES string of the molecule is COC(=O)c1cc(C)nc(NC2CCC(Oc3cc(N4CCOCC4)cc4nccnc34)CC2)n1. The molecule has 0 amide bonds. The van der Waals surface area contributed by atoms with Crippen LogP contribution in [0.2, 0.25) is 0 Å². The van der Waals surface area contributed by atoms with Crippen LogP contribution < -0.4 is 15.0 Å². The minimum absolute atomic E-state index is 0.0854. The van der Waals surface area contributed by atoms with Crippen molar-refractivity contribution < 1.29 is 19.0 Å². The number of aromatic nitrogens is 4. The first-order valence-electron chi connectivity index (χ1n) is 12.0. The molecular formula is C25H30N6O4. The van der Waals surface area contributed by atoms with Crippen molar-refractivity contribution >= 4 is 28.6 Å². The molecule has 10 nitrogen and oxygen atoms in total. The highest BCUT2D eigenvalue weighted by atomic mass is 16.5. The number of anilines is 2. The molecule has 1 aromatic carbocycles. The molecule has 1 aliphatic heterocycles. The number of nitrogens with zero attached hydrogens (tertiary/aromatic N) is 5. The largest absolute Gasteiger partial charge is 0.488 e. The number of hydrogen-bond donors (Lipinski definition) is 1. The average molecular weight is 479 g/mol. The highest BCUT2D eigenvalue weighted by molar-refractivity contribution is 5.87. The van der Waals surface area contributed by atoms with Crippen LogP contribution in [0.15, 0.2) is 30.6 Å². The molecule has 1 N–H and O–H groups in total. The Morgan fingerprint density at radius 2 is 1.83 bits per heavy atom. The van der Waals surface area contributed by atoms with Crippen molar-refractivity contribution in [2.24, 2.45) is 0 Å². The molecule has 1 aliphatic carbocycles. The lowest BCUT2D eigenvalue weighted by Crippen LogP contribution is -2.36. The van der Waals surface area contributed by atoms with E-state index in [2.05, 4.69) is 42.3 Å². The summed E-state index contributed by atoms with van der Waals surface area (Å²) in [6.45, 7) is 4.97. The summed E-state index contributed by atoms with van der Waals surface area (Å²) in [5.74, 6) is 0.762. The number of methoxy groups -OCH3 is 1. The summed E-state index contributed by atoms with van der Waals surface area (Å²) in [7, 11) is 1.35. The van der Waals surface area contributed by atoms with Crippen LogP contribution in [0.1, 0.15) is 41.9 Å². The molecule has 2 fully saturated rings. The zero-order chi connectivity index (χ0) is 24.2. The van der Waals surface area contributed by atoms with Crippen LogP contribution in [-0.4, -0.2) is 71.5 Å². The molecule has 2 aliphatic rings. The fraction of sp³-hybridized carbons (Fsp3) is 0.480. The third-order valence-corrected chi connectivity index (χ3v) is 6.45. The Balaban J connectivity index is 1.26. The fourth-order valence-corrected chi connectivity index (χ4v) is 4.65. The maximum absolute atomic E-state index is 11.9. The summed E-state index contributed by atoms with van der Waals surface area (Å²) in [6, 6.07) is 5.99. The molecule has 1 saturated heterocycles. The molecule has 5 rings (SSSR count). The van der Waals surface area contributed by atoms with E-state index in [4.69, 9.17) is 14.2 Å². The molecule has 184 valence electrons. The predicted molar refractivity (Wildman–Crippen MR) is 131 cm³/mol. The number of carbonyl (C=O) groups is 1. The highest BCUT2D eigenvalue weighted by Gasteiger charge is 2.25. The van der Waals surface area contributed by atoms with Crippen LogP contribution in [0.4, 0.5) is 11.6 Å². The smallest absolute Gasteiger partial charge is 0.356 e. The molecule has 0 bridgehead atoms. The van der Waals surface area contributed by atoms with Gasteiger partial charge in [-0.3, -0.25) is 4.98 Å². The zero-order valence-electron chi connectivity index (χ0n) is 20.1. The van der Waals surface area contributed by atoms with Crippen molar-refractivity contribution in [3.8, 4) is 5.75 Å². The van der Waals surface area contributed by atoms with E-state index in [1.54, 1.807) is 18.5 Å². The van der Waals surface area contributed by atoms with Gasteiger partial charge in [0.25, 0.3) is 0 Å². The Bertz CT molecular complexity index is 1190. The van der Waals surface area contributed by atoms with Crippen LogP contribution in [0.5, 0.6) is 5.75 Å². The fourth-order valence-electron chi connectivity index (χ4n) is 4.65. The molecule has 0 unspecified atom stereocenters. The number of carbonyl (C=O) groups excluding carboxylic acids is 1. The van der Waals surface area contributed by atoms with E-state index >= 15 is 0 Å².